The number of carbonyl (C=O) groups is 3. The van der Waals surface area contributed by atoms with Gasteiger partial charge in [-0.25, -0.2) is 0 Å². The van der Waals surface area contributed by atoms with E-state index in [2.05, 4.69) is 5.32 Å². The molecule has 11 heteroatoms. The lowest BCUT2D eigenvalue weighted by Crippen LogP contribution is -2.28. The number of nitro benzene ring substituents is 1. The van der Waals surface area contributed by atoms with Crippen LogP contribution in [0.1, 0.15) is 12.0 Å². The van der Waals surface area contributed by atoms with E-state index in [4.69, 9.17) is 21.1 Å². The van der Waals surface area contributed by atoms with Crippen molar-refractivity contribution >= 4 is 46.4 Å². The van der Waals surface area contributed by atoms with Gasteiger partial charge in [0.1, 0.15) is 5.75 Å². The summed E-state index contributed by atoms with van der Waals surface area (Å²) in [6, 6.07) is 8.89. The number of amides is 2. The quantitative estimate of drug-likeness (QED) is 0.381. The Morgan fingerprint density at radius 1 is 1.31 bits per heavy atom. The number of halogens is 1. The van der Waals surface area contributed by atoms with Crippen LogP contribution in [0.15, 0.2) is 36.4 Å². The average molecular weight is 462 g/mol. The smallest absolute Gasteiger partial charge is 0.311 e. The topological polar surface area (TPSA) is 128 Å². The van der Waals surface area contributed by atoms with E-state index in [-0.39, 0.29) is 30.3 Å². The lowest BCUT2D eigenvalue weighted by Gasteiger charge is -2.19. The van der Waals surface area contributed by atoms with E-state index in [1.165, 1.54) is 30.2 Å². The van der Waals surface area contributed by atoms with Gasteiger partial charge in [0.15, 0.2) is 6.61 Å². The van der Waals surface area contributed by atoms with Gasteiger partial charge in [0.25, 0.3) is 11.6 Å². The van der Waals surface area contributed by atoms with E-state index in [1.807, 2.05) is 0 Å². The molecule has 1 aliphatic heterocycles. The first-order valence-corrected chi connectivity index (χ1v) is 9.93. The van der Waals surface area contributed by atoms with Crippen molar-refractivity contribution in [2.45, 2.75) is 13.3 Å². The second kappa shape index (κ2) is 9.65. The minimum absolute atomic E-state index is 0.000851. The molecule has 0 aromatic heterocycles. The van der Waals surface area contributed by atoms with Crippen LogP contribution in [0, 0.1) is 23.0 Å². The Morgan fingerprint density at radius 2 is 2.06 bits per heavy atom. The molecule has 1 fully saturated rings. The van der Waals surface area contributed by atoms with Crippen LogP contribution in [0.5, 0.6) is 5.75 Å². The number of nitrogens with one attached hydrogen (secondary N) is 1. The fourth-order valence-electron chi connectivity index (χ4n) is 3.28. The molecule has 1 N–H and O–H groups in total. The Balaban J connectivity index is 1.61. The van der Waals surface area contributed by atoms with Gasteiger partial charge in [0.2, 0.25) is 5.91 Å². The number of esters is 1. The molecule has 1 aliphatic rings. The highest BCUT2D eigenvalue weighted by atomic mass is 35.5. The lowest BCUT2D eigenvalue weighted by atomic mass is 10.1. The summed E-state index contributed by atoms with van der Waals surface area (Å²) in [5, 5.41) is 14.1. The van der Waals surface area contributed by atoms with Crippen molar-refractivity contribution in [2.24, 2.45) is 5.92 Å². The second-order valence-electron chi connectivity index (χ2n) is 7.09. The average Bonchev–Trinajstić information content (AvgIpc) is 3.16. The molecular formula is C21H20ClN3O7. The van der Waals surface area contributed by atoms with Crippen molar-refractivity contribution in [2.75, 3.05) is 30.5 Å². The summed E-state index contributed by atoms with van der Waals surface area (Å²) in [4.78, 5) is 48.7. The van der Waals surface area contributed by atoms with Crippen LogP contribution in [-0.2, 0) is 19.1 Å². The van der Waals surface area contributed by atoms with Crippen LogP contribution >= 0.6 is 11.6 Å². The summed E-state index contributed by atoms with van der Waals surface area (Å²) in [7, 11) is 1.33. The molecule has 2 amide bonds. The number of anilines is 2. The van der Waals surface area contributed by atoms with Gasteiger partial charge in [-0.15, -0.1) is 0 Å². The predicted octanol–water partition coefficient (Wildman–Crippen LogP) is 3.10. The summed E-state index contributed by atoms with van der Waals surface area (Å²) >= 11 is 6.02. The van der Waals surface area contributed by atoms with Gasteiger partial charge >= 0.3 is 5.97 Å². The molecule has 2 aromatic carbocycles. The number of methoxy groups -OCH3 is 1. The summed E-state index contributed by atoms with van der Waals surface area (Å²) < 4.78 is 10.3. The van der Waals surface area contributed by atoms with Crippen molar-refractivity contribution in [1.29, 1.82) is 0 Å². The van der Waals surface area contributed by atoms with Crippen molar-refractivity contribution in [3.63, 3.8) is 0 Å². The minimum Gasteiger partial charge on any atom is -0.494 e. The number of nitro groups is 1. The third kappa shape index (κ3) is 4.97. The lowest BCUT2D eigenvalue weighted by molar-refractivity contribution is -0.384. The summed E-state index contributed by atoms with van der Waals surface area (Å²) in [6.07, 6.45) is -0.117. The first-order valence-electron chi connectivity index (χ1n) is 9.55. The summed E-state index contributed by atoms with van der Waals surface area (Å²) in [6.45, 7) is 1.23. The zero-order valence-electron chi connectivity index (χ0n) is 17.3. The highest BCUT2D eigenvalue weighted by molar-refractivity contribution is 6.31. The maximum Gasteiger partial charge on any atom is 0.311 e. The molecule has 0 saturated carbocycles. The van der Waals surface area contributed by atoms with Crippen LogP contribution in [0.3, 0.4) is 0 Å². The van der Waals surface area contributed by atoms with Gasteiger partial charge in [-0.05, 0) is 30.7 Å². The zero-order valence-corrected chi connectivity index (χ0v) is 18.0. The summed E-state index contributed by atoms with van der Waals surface area (Å²) in [5.41, 5.74) is 1.32. The Hall–Kier alpha value is -3.66. The number of nitrogens with zero attached hydrogens (tertiary/aromatic N) is 2. The SMILES string of the molecule is COc1cc([N+](=O)[O-])ccc1N1C[C@@H](C(=O)OCC(=O)Nc2cccc(Cl)c2C)CC1=O. The van der Waals surface area contributed by atoms with Crippen LogP contribution in [0.4, 0.5) is 17.1 Å². The van der Waals surface area contributed by atoms with Gasteiger partial charge in [-0.3, -0.25) is 24.5 Å². The maximum atomic E-state index is 12.5. The molecular weight excluding hydrogens is 442 g/mol. The third-order valence-corrected chi connectivity index (χ3v) is 5.42. The normalized spacial score (nSPS) is 15.4. The monoisotopic (exact) mass is 461 g/mol. The fraction of sp³-hybridized carbons (Fsp3) is 0.286. The Labute approximate surface area is 188 Å². The maximum absolute atomic E-state index is 12.5. The Morgan fingerprint density at radius 3 is 2.75 bits per heavy atom. The van der Waals surface area contributed by atoms with Crippen molar-refractivity contribution in [3.8, 4) is 5.75 Å². The van der Waals surface area contributed by atoms with E-state index >= 15 is 0 Å². The number of hydrogen-bond donors (Lipinski definition) is 1. The van der Waals surface area contributed by atoms with Crippen LogP contribution in [0.25, 0.3) is 0 Å². The number of hydrogen-bond acceptors (Lipinski definition) is 7. The Bertz CT molecular complexity index is 1090. The molecule has 1 atom stereocenters. The van der Waals surface area contributed by atoms with Crippen LogP contribution in [0.2, 0.25) is 5.02 Å². The molecule has 0 aliphatic carbocycles. The standard InChI is InChI=1S/C21H20ClN3O7/c1-12-15(22)4-3-5-16(12)23-19(26)11-32-21(28)13-8-20(27)24(10-13)17-7-6-14(25(29)30)9-18(17)31-2/h3-7,9,13H,8,10-11H2,1-2H3,(H,23,26)/t13-/m0/s1. The highest BCUT2D eigenvalue weighted by Gasteiger charge is 2.37. The molecule has 0 radical (unpaired) electrons. The molecule has 0 bridgehead atoms. The number of benzene rings is 2. The van der Waals surface area contributed by atoms with Gasteiger partial charge in [0.05, 0.1) is 29.7 Å². The Kier molecular flexibility index (Phi) is 6.94. The second-order valence-corrected chi connectivity index (χ2v) is 7.49. The van der Waals surface area contributed by atoms with E-state index in [0.29, 0.717) is 22.0 Å². The number of non-ortho nitro benzene ring substituents is 1. The molecule has 2 aromatic rings. The molecule has 1 heterocycles. The minimum atomic E-state index is -0.789. The van der Waals surface area contributed by atoms with Gasteiger partial charge in [-0.2, -0.15) is 0 Å². The predicted molar refractivity (Wildman–Crippen MR) is 116 cm³/mol. The van der Waals surface area contributed by atoms with E-state index < -0.39 is 29.3 Å². The zero-order chi connectivity index (χ0) is 23.4. The van der Waals surface area contributed by atoms with Crippen molar-refractivity contribution < 1.29 is 28.8 Å². The van der Waals surface area contributed by atoms with Gasteiger partial charge in [-0.1, -0.05) is 17.7 Å². The van der Waals surface area contributed by atoms with E-state index in [9.17, 15) is 24.5 Å². The van der Waals surface area contributed by atoms with E-state index in [0.717, 1.165) is 0 Å². The number of rotatable bonds is 7. The molecule has 1 saturated heterocycles. The first kappa shape index (κ1) is 23.0. The van der Waals surface area contributed by atoms with Crippen molar-refractivity contribution in [1.82, 2.24) is 0 Å². The van der Waals surface area contributed by atoms with E-state index in [1.54, 1.807) is 25.1 Å². The largest absolute Gasteiger partial charge is 0.494 e. The molecule has 3 rings (SSSR count). The third-order valence-electron chi connectivity index (χ3n) is 5.01. The summed E-state index contributed by atoms with van der Waals surface area (Å²) in [5.74, 6) is -2.25. The van der Waals surface area contributed by atoms with Crippen LogP contribution in [-0.4, -0.2) is 43.0 Å². The molecule has 0 spiro atoms. The number of ether oxygens (including phenoxy) is 2. The van der Waals surface area contributed by atoms with Gasteiger partial charge < -0.3 is 19.7 Å². The molecule has 10 nitrogen and oxygen atoms in total. The first-order chi connectivity index (χ1) is 15.2. The highest BCUT2D eigenvalue weighted by Crippen LogP contribution is 2.36. The molecule has 0 unspecified atom stereocenters. The number of carbonyl (C=O) groups excluding carboxylic acids is 3. The van der Waals surface area contributed by atoms with Crippen LogP contribution < -0.4 is 15.0 Å². The fourth-order valence-corrected chi connectivity index (χ4v) is 3.46. The van der Waals surface area contributed by atoms with Gasteiger partial charge in [0, 0.05) is 29.7 Å². The molecule has 32 heavy (non-hydrogen) atoms. The van der Waals surface area contributed by atoms with Crippen molar-refractivity contribution in [3.05, 3.63) is 57.1 Å². The molecule has 168 valence electrons.